The number of methoxy groups -OCH3 is 2. The first-order valence-corrected chi connectivity index (χ1v) is 9.56. The van der Waals surface area contributed by atoms with Gasteiger partial charge in [-0.3, -0.25) is 4.79 Å². The third kappa shape index (κ3) is 4.37. The summed E-state index contributed by atoms with van der Waals surface area (Å²) in [7, 11) is 3.09. The minimum absolute atomic E-state index is 0.173. The molecule has 2 aromatic carbocycles. The van der Waals surface area contributed by atoms with Gasteiger partial charge in [0.15, 0.2) is 16.7 Å². The van der Waals surface area contributed by atoms with Gasteiger partial charge in [0, 0.05) is 0 Å². The van der Waals surface area contributed by atoms with E-state index in [9.17, 15) is 9.59 Å². The predicted octanol–water partition coefficient (Wildman–Crippen LogP) is 4.06. The van der Waals surface area contributed by atoms with E-state index in [4.69, 9.17) is 14.6 Å². The van der Waals surface area contributed by atoms with Gasteiger partial charge < -0.3 is 19.9 Å². The Labute approximate surface area is 173 Å². The Morgan fingerprint density at radius 3 is 2.54 bits per heavy atom. The summed E-state index contributed by atoms with van der Waals surface area (Å²) < 4.78 is 11.3. The monoisotopic (exact) mass is 462 g/mol. The molecule has 1 amide bonds. The SMILES string of the molecule is COc1cc(C=C2SC(=Nc3ccc(C(=O)O)cc3)NC2=O)cc(Br)c1OC. The molecule has 0 saturated carbocycles. The molecule has 0 unspecified atom stereocenters. The van der Waals surface area contributed by atoms with Crippen LogP contribution in [-0.4, -0.2) is 36.4 Å². The molecule has 1 saturated heterocycles. The molecule has 2 N–H and O–H groups in total. The van der Waals surface area contributed by atoms with E-state index in [0.717, 1.165) is 5.56 Å². The Hall–Kier alpha value is -2.78. The fourth-order valence-electron chi connectivity index (χ4n) is 2.45. The maximum atomic E-state index is 12.3. The lowest BCUT2D eigenvalue weighted by Gasteiger charge is -2.10. The normalized spacial score (nSPS) is 16.3. The third-order valence-electron chi connectivity index (χ3n) is 3.75. The molecule has 144 valence electrons. The van der Waals surface area contributed by atoms with E-state index in [1.54, 1.807) is 38.5 Å². The maximum Gasteiger partial charge on any atom is 0.335 e. The highest BCUT2D eigenvalue weighted by molar-refractivity contribution is 9.10. The summed E-state index contributed by atoms with van der Waals surface area (Å²) in [6.45, 7) is 0. The lowest BCUT2D eigenvalue weighted by molar-refractivity contribution is -0.115. The van der Waals surface area contributed by atoms with Gasteiger partial charge >= 0.3 is 5.97 Å². The highest BCUT2D eigenvalue weighted by Crippen LogP contribution is 2.38. The number of hydrogen-bond donors (Lipinski definition) is 2. The average molecular weight is 463 g/mol. The van der Waals surface area contributed by atoms with Crippen LogP contribution >= 0.6 is 27.7 Å². The minimum Gasteiger partial charge on any atom is -0.493 e. The van der Waals surface area contributed by atoms with Crippen molar-refractivity contribution in [3.63, 3.8) is 0 Å². The second-order valence-corrected chi connectivity index (χ2v) is 7.46. The zero-order valence-corrected chi connectivity index (χ0v) is 17.3. The number of thioether (sulfide) groups is 1. The molecule has 0 aromatic heterocycles. The van der Waals surface area contributed by atoms with Crippen LogP contribution in [0.4, 0.5) is 5.69 Å². The molecular weight excluding hydrogens is 448 g/mol. The fraction of sp³-hybridized carbons (Fsp3) is 0.105. The van der Waals surface area contributed by atoms with Gasteiger partial charge in [0.1, 0.15) is 0 Å². The number of ether oxygens (including phenoxy) is 2. The van der Waals surface area contributed by atoms with Crippen LogP contribution in [0.3, 0.4) is 0 Å². The Kier molecular flexibility index (Phi) is 6.05. The summed E-state index contributed by atoms with van der Waals surface area (Å²) in [4.78, 5) is 28.0. The molecular formula is C19H15BrN2O5S. The van der Waals surface area contributed by atoms with Gasteiger partial charge in [-0.2, -0.15) is 0 Å². The quantitative estimate of drug-likeness (QED) is 0.650. The molecule has 0 atom stereocenters. The molecule has 2 aromatic rings. The molecule has 0 spiro atoms. The summed E-state index contributed by atoms with van der Waals surface area (Å²) in [6.07, 6.45) is 1.72. The van der Waals surface area contributed by atoms with Crippen molar-refractivity contribution in [2.75, 3.05) is 14.2 Å². The van der Waals surface area contributed by atoms with Crippen LogP contribution < -0.4 is 14.8 Å². The van der Waals surface area contributed by atoms with Gasteiger partial charge in [0.25, 0.3) is 5.91 Å². The average Bonchev–Trinajstić information content (AvgIpc) is 3.00. The van der Waals surface area contributed by atoms with Crippen LogP contribution in [-0.2, 0) is 4.79 Å². The fourth-order valence-corrected chi connectivity index (χ4v) is 3.91. The number of halogens is 1. The van der Waals surface area contributed by atoms with Crippen LogP contribution in [0.2, 0.25) is 0 Å². The number of rotatable bonds is 5. The molecule has 1 heterocycles. The number of carboxylic acid groups (broad SMARTS) is 1. The zero-order chi connectivity index (χ0) is 20.3. The van der Waals surface area contributed by atoms with E-state index in [1.807, 2.05) is 6.07 Å². The van der Waals surface area contributed by atoms with E-state index >= 15 is 0 Å². The molecule has 0 bridgehead atoms. The van der Waals surface area contributed by atoms with Crippen LogP contribution in [0.25, 0.3) is 6.08 Å². The van der Waals surface area contributed by atoms with Crippen molar-refractivity contribution in [2.45, 2.75) is 0 Å². The van der Waals surface area contributed by atoms with Gasteiger partial charge in [0.2, 0.25) is 0 Å². The maximum absolute atomic E-state index is 12.3. The molecule has 0 aliphatic carbocycles. The number of amidine groups is 1. The van der Waals surface area contributed by atoms with E-state index in [1.165, 1.54) is 23.9 Å². The van der Waals surface area contributed by atoms with Gasteiger partial charge in [-0.05, 0) is 75.7 Å². The van der Waals surface area contributed by atoms with E-state index in [2.05, 4.69) is 26.2 Å². The molecule has 7 nitrogen and oxygen atoms in total. The number of carbonyl (C=O) groups excluding carboxylic acids is 1. The van der Waals surface area contributed by atoms with Crippen molar-refractivity contribution in [3.8, 4) is 11.5 Å². The lowest BCUT2D eigenvalue weighted by atomic mass is 10.2. The van der Waals surface area contributed by atoms with Gasteiger partial charge in [-0.25, -0.2) is 9.79 Å². The van der Waals surface area contributed by atoms with Crippen molar-refractivity contribution < 1.29 is 24.2 Å². The number of hydrogen-bond acceptors (Lipinski definition) is 6. The predicted molar refractivity (Wildman–Crippen MR) is 111 cm³/mol. The van der Waals surface area contributed by atoms with E-state index in [0.29, 0.717) is 31.7 Å². The molecule has 1 aliphatic heterocycles. The van der Waals surface area contributed by atoms with Gasteiger partial charge in [-0.1, -0.05) is 0 Å². The van der Waals surface area contributed by atoms with Crippen molar-refractivity contribution in [1.82, 2.24) is 5.32 Å². The summed E-state index contributed by atoms with van der Waals surface area (Å²) in [5, 5.41) is 12.0. The topological polar surface area (TPSA) is 97.2 Å². The van der Waals surface area contributed by atoms with Crippen molar-refractivity contribution >= 4 is 56.5 Å². The number of nitrogens with zero attached hydrogens (tertiary/aromatic N) is 1. The summed E-state index contributed by atoms with van der Waals surface area (Å²) in [5.74, 6) is -0.161. The van der Waals surface area contributed by atoms with Crippen LogP contribution in [0.15, 0.2) is 50.8 Å². The lowest BCUT2D eigenvalue weighted by Crippen LogP contribution is -2.19. The molecule has 28 heavy (non-hydrogen) atoms. The van der Waals surface area contributed by atoms with Crippen molar-refractivity contribution in [1.29, 1.82) is 0 Å². The molecule has 0 radical (unpaired) electrons. The Morgan fingerprint density at radius 1 is 1.21 bits per heavy atom. The highest BCUT2D eigenvalue weighted by Gasteiger charge is 2.24. The van der Waals surface area contributed by atoms with E-state index in [-0.39, 0.29) is 11.5 Å². The summed E-state index contributed by atoms with van der Waals surface area (Å²) in [6, 6.07) is 9.67. The number of benzene rings is 2. The third-order valence-corrected chi connectivity index (χ3v) is 5.25. The number of aromatic carboxylic acids is 1. The zero-order valence-electron chi connectivity index (χ0n) is 14.9. The summed E-state index contributed by atoms with van der Waals surface area (Å²) in [5.41, 5.74) is 1.48. The van der Waals surface area contributed by atoms with Crippen LogP contribution in [0.1, 0.15) is 15.9 Å². The molecule has 3 rings (SSSR count). The first-order valence-electron chi connectivity index (χ1n) is 7.95. The van der Waals surface area contributed by atoms with Gasteiger partial charge in [-0.15, -0.1) is 0 Å². The van der Waals surface area contributed by atoms with E-state index < -0.39 is 5.97 Å². The highest BCUT2D eigenvalue weighted by atomic mass is 79.9. The number of nitrogens with one attached hydrogen (secondary N) is 1. The number of carbonyl (C=O) groups is 2. The smallest absolute Gasteiger partial charge is 0.335 e. The molecule has 9 heteroatoms. The number of aliphatic imine (C=N–C) groups is 1. The minimum atomic E-state index is -1.01. The van der Waals surface area contributed by atoms with Crippen molar-refractivity contribution in [2.24, 2.45) is 4.99 Å². The molecule has 1 fully saturated rings. The number of amides is 1. The summed E-state index contributed by atoms with van der Waals surface area (Å²) >= 11 is 4.62. The van der Waals surface area contributed by atoms with Crippen molar-refractivity contribution in [3.05, 3.63) is 56.9 Å². The first kappa shape index (κ1) is 20.0. The molecule has 1 aliphatic rings. The second-order valence-electron chi connectivity index (χ2n) is 5.57. The Balaban J connectivity index is 1.84. The van der Waals surface area contributed by atoms with Gasteiger partial charge in [0.05, 0.1) is 34.8 Å². The second kappa shape index (κ2) is 8.49. The first-order chi connectivity index (χ1) is 13.4. The Morgan fingerprint density at radius 2 is 1.93 bits per heavy atom. The number of carboxylic acids is 1. The Bertz CT molecular complexity index is 1000. The van der Waals surface area contributed by atoms with Crippen LogP contribution in [0.5, 0.6) is 11.5 Å². The standard InChI is InChI=1S/C19H15BrN2O5S/c1-26-14-8-10(7-13(20)16(14)27-2)9-15-17(23)22-19(28-15)21-12-5-3-11(4-6-12)18(24)25/h3-9H,1-2H3,(H,24,25)(H,21,22,23). The van der Waals surface area contributed by atoms with Crippen LogP contribution in [0, 0.1) is 0 Å². The largest absolute Gasteiger partial charge is 0.493 e.